The zero-order valence-electron chi connectivity index (χ0n) is 18.3. The Balaban J connectivity index is 1.54. The van der Waals surface area contributed by atoms with Crippen molar-refractivity contribution in [2.45, 2.75) is 77.6 Å². The summed E-state index contributed by atoms with van der Waals surface area (Å²) < 4.78 is 0. The van der Waals surface area contributed by atoms with Gasteiger partial charge in [0.05, 0.1) is 10.5 Å². The standard InChI is InChI=1S/C24H32N2O4S/c1-2-3-17(14-26(29)30)10-16-6-9-21-19(11-16)23(24(28)25-13-15-4-5-15)22(31-21)12-20(27)18-7-8-18/h14-16,18H,2-13H2,1H3,(H,25,28). The Morgan fingerprint density at radius 2 is 1.97 bits per heavy atom. The molecule has 2 fully saturated rings. The van der Waals surface area contributed by atoms with Crippen molar-refractivity contribution in [3.05, 3.63) is 42.8 Å². The van der Waals surface area contributed by atoms with E-state index in [9.17, 15) is 19.7 Å². The summed E-state index contributed by atoms with van der Waals surface area (Å²) in [5.74, 6) is 1.34. The number of nitrogens with one attached hydrogen (secondary N) is 1. The zero-order valence-corrected chi connectivity index (χ0v) is 19.1. The summed E-state index contributed by atoms with van der Waals surface area (Å²) in [5, 5.41) is 14.1. The highest BCUT2D eigenvalue weighted by Crippen LogP contribution is 2.40. The molecule has 168 valence electrons. The second kappa shape index (κ2) is 9.63. The normalized spacial score (nSPS) is 20.9. The summed E-state index contributed by atoms with van der Waals surface area (Å²) in [5.41, 5.74) is 2.74. The van der Waals surface area contributed by atoms with Gasteiger partial charge >= 0.3 is 0 Å². The number of carbonyl (C=O) groups excluding carboxylic acids is 2. The van der Waals surface area contributed by atoms with Crippen LogP contribution in [-0.2, 0) is 24.1 Å². The Hall–Kier alpha value is -2.02. The van der Waals surface area contributed by atoms with Gasteiger partial charge in [0.1, 0.15) is 5.78 Å². The number of nitrogens with zero attached hydrogens (tertiary/aromatic N) is 1. The molecule has 1 atom stereocenters. The maximum absolute atomic E-state index is 13.2. The third-order valence-corrected chi connectivity index (χ3v) is 7.98. The van der Waals surface area contributed by atoms with E-state index in [1.807, 2.05) is 6.92 Å². The van der Waals surface area contributed by atoms with Gasteiger partial charge in [0.2, 0.25) is 6.20 Å². The summed E-state index contributed by atoms with van der Waals surface area (Å²) in [6, 6.07) is 0. The molecule has 4 rings (SSSR count). The van der Waals surface area contributed by atoms with Gasteiger partial charge < -0.3 is 5.32 Å². The molecule has 0 aliphatic heterocycles. The first-order chi connectivity index (χ1) is 14.9. The van der Waals surface area contributed by atoms with Crippen molar-refractivity contribution in [3.8, 4) is 0 Å². The fourth-order valence-electron chi connectivity index (χ4n) is 4.69. The van der Waals surface area contributed by atoms with E-state index in [0.29, 0.717) is 24.7 Å². The van der Waals surface area contributed by atoms with Gasteiger partial charge in [0.25, 0.3) is 5.91 Å². The van der Waals surface area contributed by atoms with Gasteiger partial charge in [-0.2, -0.15) is 0 Å². The molecule has 3 aliphatic carbocycles. The first kappa shape index (κ1) is 22.2. The molecule has 3 aliphatic rings. The maximum Gasteiger partial charge on any atom is 0.252 e. The van der Waals surface area contributed by atoms with E-state index < -0.39 is 0 Å². The minimum atomic E-state index is -0.345. The number of aryl methyl sites for hydroxylation is 1. The van der Waals surface area contributed by atoms with Gasteiger partial charge in [0, 0.05) is 34.2 Å². The smallest absolute Gasteiger partial charge is 0.252 e. The first-order valence-electron chi connectivity index (χ1n) is 11.7. The van der Waals surface area contributed by atoms with Crippen LogP contribution in [-0.4, -0.2) is 23.2 Å². The minimum absolute atomic E-state index is 0.0294. The van der Waals surface area contributed by atoms with Crippen LogP contribution in [0.4, 0.5) is 0 Å². The van der Waals surface area contributed by atoms with Crippen molar-refractivity contribution < 1.29 is 14.5 Å². The summed E-state index contributed by atoms with van der Waals surface area (Å²) >= 11 is 1.65. The number of carbonyl (C=O) groups is 2. The Morgan fingerprint density at radius 1 is 1.19 bits per heavy atom. The third-order valence-electron chi connectivity index (χ3n) is 6.69. The SMILES string of the molecule is CCCC(=C[N+](=O)[O-])CC1CCc2sc(CC(=O)C3CC3)c(C(=O)NCC3CC3)c2C1. The largest absolute Gasteiger partial charge is 0.352 e. The van der Waals surface area contributed by atoms with E-state index in [1.165, 1.54) is 23.9 Å². The van der Waals surface area contributed by atoms with Crippen molar-refractivity contribution in [3.63, 3.8) is 0 Å². The minimum Gasteiger partial charge on any atom is -0.352 e. The highest BCUT2D eigenvalue weighted by molar-refractivity contribution is 7.12. The van der Waals surface area contributed by atoms with Crippen LogP contribution in [0.5, 0.6) is 0 Å². The second-order valence-corrected chi connectivity index (χ2v) is 10.7. The van der Waals surface area contributed by atoms with Crippen molar-refractivity contribution in [1.29, 1.82) is 0 Å². The number of fused-ring (bicyclic) bond motifs is 1. The predicted molar refractivity (Wildman–Crippen MR) is 121 cm³/mol. The maximum atomic E-state index is 13.2. The number of hydrogen-bond acceptors (Lipinski definition) is 5. The number of allylic oxidation sites excluding steroid dienone is 1. The van der Waals surface area contributed by atoms with Crippen LogP contribution in [0.25, 0.3) is 0 Å². The van der Waals surface area contributed by atoms with E-state index in [4.69, 9.17) is 0 Å². The Kier molecular flexibility index (Phi) is 6.89. The number of hydrogen-bond donors (Lipinski definition) is 1. The molecule has 31 heavy (non-hydrogen) atoms. The number of thiophene rings is 1. The van der Waals surface area contributed by atoms with Crippen LogP contribution in [0, 0.1) is 27.9 Å². The monoisotopic (exact) mass is 444 g/mol. The lowest BCUT2D eigenvalue weighted by molar-refractivity contribution is -0.403. The molecule has 7 heteroatoms. The van der Waals surface area contributed by atoms with Gasteiger partial charge in [-0.15, -0.1) is 11.3 Å². The number of amides is 1. The van der Waals surface area contributed by atoms with E-state index in [1.54, 1.807) is 11.3 Å². The van der Waals surface area contributed by atoms with E-state index in [0.717, 1.165) is 73.1 Å². The zero-order chi connectivity index (χ0) is 22.0. The molecular weight excluding hydrogens is 412 g/mol. The quantitative estimate of drug-likeness (QED) is 0.390. The lowest BCUT2D eigenvalue weighted by Crippen LogP contribution is -2.28. The van der Waals surface area contributed by atoms with Gasteiger partial charge in [-0.05, 0) is 75.2 Å². The second-order valence-electron chi connectivity index (χ2n) is 9.51. The van der Waals surface area contributed by atoms with Gasteiger partial charge in [-0.25, -0.2) is 0 Å². The summed E-state index contributed by atoms with van der Waals surface area (Å²) in [6.45, 7) is 2.76. The summed E-state index contributed by atoms with van der Waals surface area (Å²) in [4.78, 5) is 38.5. The number of nitro groups is 1. The van der Waals surface area contributed by atoms with Gasteiger partial charge in [0.15, 0.2) is 0 Å². The molecule has 2 saturated carbocycles. The van der Waals surface area contributed by atoms with Crippen LogP contribution in [0.1, 0.15) is 84.0 Å². The van der Waals surface area contributed by atoms with Crippen molar-refractivity contribution in [2.75, 3.05) is 6.54 Å². The Morgan fingerprint density at radius 3 is 2.61 bits per heavy atom. The van der Waals surface area contributed by atoms with Crippen molar-refractivity contribution >= 4 is 23.0 Å². The van der Waals surface area contributed by atoms with Crippen LogP contribution in [0.2, 0.25) is 0 Å². The Bertz CT molecular complexity index is 896. The molecule has 1 unspecified atom stereocenters. The number of rotatable bonds is 11. The number of ketones is 1. The van der Waals surface area contributed by atoms with Crippen LogP contribution in [0.15, 0.2) is 11.8 Å². The molecule has 6 nitrogen and oxygen atoms in total. The Labute approximate surface area is 187 Å². The fraction of sp³-hybridized carbons (Fsp3) is 0.667. The lowest BCUT2D eigenvalue weighted by Gasteiger charge is -2.23. The molecule has 1 N–H and O–H groups in total. The lowest BCUT2D eigenvalue weighted by atomic mass is 9.81. The molecule has 0 spiro atoms. The summed E-state index contributed by atoms with van der Waals surface area (Å²) in [6.07, 6.45) is 10.9. The van der Waals surface area contributed by atoms with Gasteiger partial charge in [-0.1, -0.05) is 13.3 Å². The first-order valence-corrected chi connectivity index (χ1v) is 12.5. The van der Waals surface area contributed by atoms with Crippen molar-refractivity contribution in [2.24, 2.45) is 17.8 Å². The molecule has 0 bridgehead atoms. The fourth-order valence-corrected chi connectivity index (χ4v) is 6.05. The molecular formula is C24H32N2O4S. The molecule has 1 aromatic rings. The van der Waals surface area contributed by atoms with Crippen LogP contribution < -0.4 is 5.32 Å². The van der Waals surface area contributed by atoms with Crippen LogP contribution in [0.3, 0.4) is 0 Å². The topological polar surface area (TPSA) is 89.3 Å². The third kappa shape index (κ3) is 5.82. The highest BCUT2D eigenvalue weighted by Gasteiger charge is 2.34. The van der Waals surface area contributed by atoms with E-state index >= 15 is 0 Å². The molecule has 1 aromatic heterocycles. The average molecular weight is 445 g/mol. The molecule has 0 aromatic carbocycles. The number of Topliss-reactive ketones (excluding diaryl/α,β-unsaturated/α-hetero) is 1. The average Bonchev–Trinajstić information content (AvgIpc) is 3.62. The van der Waals surface area contributed by atoms with E-state index in [2.05, 4.69) is 5.32 Å². The van der Waals surface area contributed by atoms with Crippen LogP contribution >= 0.6 is 11.3 Å². The predicted octanol–water partition coefficient (Wildman–Crippen LogP) is 4.87. The van der Waals surface area contributed by atoms with Crippen molar-refractivity contribution in [1.82, 2.24) is 5.32 Å². The molecule has 1 amide bonds. The molecule has 0 radical (unpaired) electrons. The summed E-state index contributed by atoms with van der Waals surface area (Å²) in [7, 11) is 0. The molecule has 0 saturated heterocycles. The highest BCUT2D eigenvalue weighted by atomic mass is 32.1. The van der Waals surface area contributed by atoms with E-state index in [-0.39, 0.29) is 22.5 Å². The molecule has 1 heterocycles. The van der Waals surface area contributed by atoms with Gasteiger partial charge in [-0.3, -0.25) is 19.7 Å².